The maximum Gasteiger partial charge on any atom is 0.310 e. The van der Waals surface area contributed by atoms with Crippen LogP contribution in [-0.2, 0) is 10.3 Å². The number of hydrogen-bond donors (Lipinski definition) is 2. The third-order valence-corrected chi connectivity index (χ3v) is 3.65. The van der Waals surface area contributed by atoms with E-state index in [1.807, 2.05) is 0 Å². The summed E-state index contributed by atoms with van der Waals surface area (Å²) in [7, 11) is 0. The van der Waals surface area contributed by atoms with Gasteiger partial charge in [0, 0.05) is 18.2 Å². The van der Waals surface area contributed by atoms with E-state index in [0.717, 1.165) is 6.92 Å². The Balaban J connectivity index is 2.30. The molecule has 4 N–H and O–H groups in total. The van der Waals surface area contributed by atoms with Gasteiger partial charge in [-0.25, -0.2) is 4.99 Å². The highest BCUT2D eigenvalue weighted by Crippen LogP contribution is 2.55. The van der Waals surface area contributed by atoms with Gasteiger partial charge in [-0.05, 0) is 18.2 Å². The number of nitrogen functional groups attached to an aromatic ring is 1. The van der Waals surface area contributed by atoms with Crippen LogP contribution in [0.15, 0.2) is 23.2 Å². The minimum Gasteiger partial charge on any atom is -0.459 e. The summed E-state index contributed by atoms with van der Waals surface area (Å²) in [6, 6.07) is 3.69. The number of fused-ring (bicyclic) bond motifs is 2. The first-order chi connectivity index (χ1) is 9.65. The predicted octanol–water partition coefficient (Wildman–Crippen LogP) is 1.91. The quantitative estimate of drug-likeness (QED) is 0.717. The van der Waals surface area contributed by atoms with Crippen LogP contribution in [0.4, 0.5) is 18.9 Å². The molecule has 0 fully saturated rings. The van der Waals surface area contributed by atoms with Crippen LogP contribution in [0.2, 0.25) is 0 Å². The maximum atomic E-state index is 14.5. The molecule has 0 aliphatic carbocycles. The summed E-state index contributed by atoms with van der Waals surface area (Å²) in [5.74, 6) is -5.79. The Bertz CT molecular complexity index is 633. The fourth-order valence-electron chi connectivity index (χ4n) is 2.79. The highest BCUT2D eigenvalue weighted by Gasteiger charge is 2.64. The molecule has 0 bridgehead atoms. The molecule has 1 spiro atoms. The van der Waals surface area contributed by atoms with Crippen LogP contribution < -0.4 is 16.2 Å². The molecule has 2 aliphatic heterocycles. The van der Waals surface area contributed by atoms with E-state index < -0.39 is 36.4 Å². The highest BCUT2D eigenvalue weighted by atomic mass is 19.3. The van der Waals surface area contributed by atoms with E-state index in [1.165, 1.54) is 18.2 Å². The first-order valence-corrected chi connectivity index (χ1v) is 6.29. The van der Waals surface area contributed by atoms with Gasteiger partial charge in [0.1, 0.15) is 5.75 Å². The number of ether oxygens (including phenoxy) is 2. The van der Waals surface area contributed by atoms with Crippen molar-refractivity contribution in [2.75, 3.05) is 12.3 Å². The summed E-state index contributed by atoms with van der Waals surface area (Å²) in [5, 5.41) is 0. The average molecular weight is 301 g/mol. The van der Waals surface area contributed by atoms with Crippen molar-refractivity contribution in [2.24, 2.45) is 10.7 Å². The lowest BCUT2D eigenvalue weighted by molar-refractivity contribution is -0.175. The zero-order valence-corrected chi connectivity index (χ0v) is 11.2. The first-order valence-electron chi connectivity index (χ1n) is 6.29. The van der Waals surface area contributed by atoms with E-state index in [-0.39, 0.29) is 17.0 Å². The van der Waals surface area contributed by atoms with Crippen LogP contribution in [0.25, 0.3) is 0 Å². The topological polar surface area (TPSA) is 82.9 Å². The molecule has 114 valence electrons. The molecule has 0 radical (unpaired) electrons. The van der Waals surface area contributed by atoms with Gasteiger partial charge in [0.25, 0.3) is 6.02 Å². The fraction of sp³-hybridized carbons (Fsp3) is 0.462. The van der Waals surface area contributed by atoms with E-state index in [9.17, 15) is 13.2 Å². The fourth-order valence-corrected chi connectivity index (χ4v) is 2.79. The van der Waals surface area contributed by atoms with Crippen molar-refractivity contribution >= 4 is 11.7 Å². The van der Waals surface area contributed by atoms with E-state index >= 15 is 0 Å². The molecule has 0 amide bonds. The molecular weight excluding hydrogens is 287 g/mol. The standard InChI is InChI=1S/C13H14F3N3O2/c1-11(14)5-12(13(15,16)6-20-10(18)19-12)8-4-7(17)2-3-9(8)21-11/h2-4H,5-6,17H2,1H3,(H2,18,19)/t11?,12-/m1/s1. The SMILES string of the molecule is CC1(F)C[C@@]2(N=C(N)OCC2(F)F)c2cc(N)ccc2O1. The molecular formula is C13H14F3N3O2. The van der Waals surface area contributed by atoms with Gasteiger partial charge in [-0.15, -0.1) is 0 Å². The molecule has 1 unspecified atom stereocenters. The lowest BCUT2D eigenvalue weighted by Gasteiger charge is -2.46. The van der Waals surface area contributed by atoms with Crippen LogP contribution in [0, 0.1) is 0 Å². The minimum atomic E-state index is -3.45. The number of nitrogens with two attached hydrogens (primary N) is 2. The second kappa shape index (κ2) is 3.96. The highest BCUT2D eigenvalue weighted by molar-refractivity contribution is 5.74. The normalized spacial score (nSPS) is 33.6. The molecule has 0 aromatic heterocycles. The largest absolute Gasteiger partial charge is 0.459 e. The zero-order valence-electron chi connectivity index (χ0n) is 11.2. The van der Waals surface area contributed by atoms with Gasteiger partial charge in [0.05, 0.1) is 6.42 Å². The van der Waals surface area contributed by atoms with Crippen LogP contribution in [-0.4, -0.2) is 24.4 Å². The second-order valence-corrected chi connectivity index (χ2v) is 5.44. The molecule has 3 rings (SSSR count). The first kappa shape index (κ1) is 13.8. The van der Waals surface area contributed by atoms with Gasteiger partial charge in [-0.1, -0.05) is 0 Å². The average Bonchev–Trinajstić information content (AvgIpc) is 2.35. The van der Waals surface area contributed by atoms with E-state index in [4.69, 9.17) is 16.2 Å². The van der Waals surface area contributed by atoms with Gasteiger partial charge in [0.2, 0.25) is 5.85 Å². The van der Waals surface area contributed by atoms with Crippen molar-refractivity contribution in [3.63, 3.8) is 0 Å². The molecule has 1 aromatic carbocycles. The van der Waals surface area contributed by atoms with Crippen LogP contribution in [0.3, 0.4) is 0 Å². The Morgan fingerprint density at radius 2 is 1.95 bits per heavy atom. The van der Waals surface area contributed by atoms with Crippen molar-refractivity contribution in [3.05, 3.63) is 23.8 Å². The number of amidine groups is 1. The van der Waals surface area contributed by atoms with Gasteiger partial charge in [-0.2, -0.15) is 13.2 Å². The van der Waals surface area contributed by atoms with E-state index in [1.54, 1.807) is 0 Å². The molecule has 0 saturated carbocycles. The summed E-state index contributed by atoms with van der Waals surface area (Å²) in [6.07, 6.45) is -0.687. The Morgan fingerprint density at radius 1 is 1.24 bits per heavy atom. The van der Waals surface area contributed by atoms with Crippen molar-refractivity contribution in [3.8, 4) is 5.75 Å². The molecule has 5 nitrogen and oxygen atoms in total. The molecule has 1 aromatic rings. The van der Waals surface area contributed by atoms with Crippen LogP contribution >= 0.6 is 0 Å². The number of anilines is 1. The second-order valence-electron chi connectivity index (χ2n) is 5.44. The number of benzene rings is 1. The molecule has 2 heterocycles. The van der Waals surface area contributed by atoms with Gasteiger partial charge in [0.15, 0.2) is 12.1 Å². The molecule has 2 aliphatic rings. The third-order valence-electron chi connectivity index (χ3n) is 3.65. The summed E-state index contributed by atoms with van der Waals surface area (Å²) >= 11 is 0. The van der Waals surface area contributed by atoms with Crippen molar-refractivity contribution in [1.82, 2.24) is 0 Å². The number of rotatable bonds is 0. The summed E-state index contributed by atoms with van der Waals surface area (Å²) < 4.78 is 53.2. The zero-order chi connectivity index (χ0) is 15.5. The van der Waals surface area contributed by atoms with Crippen molar-refractivity contribution in [1.29, 1.82) is 0 Å². The van der Waals surface area contributed by atoms with Crippen LogP contribution in [0.5, 0.6) is 5.75 Å². The maximum absolute atomic E-state index is 14.5. The Labute approximate surface area is 118 Å². The lowest BCUT2D eigenvalue weighted by Crippen LogP contribution is -2.58. The Hall–Kier alpha value is -2.12. The van der Waals surface area contributed by atoms with Crippen molar-refractivity contribution in [2.45, 2.75) is 30.7 Å². The van der Waals surface area contributed by atoms with Gasteiger partial charge < -0.3 is 20.9 Å². The van der Waals surface area contributed by atoms with Gasteiger partial charge >= 0.3 is 5.92 Å². The predicted molar refractivity (Wildman–Crippen MR) is 69.8 cm³/mol. The minimum absolute atomic E-state index is 0.00822. The molecule has 21 heavy (non-hydrogen) atoms. The molecule has 8 heteroatoms. The molecule has 0 saturated heterocycles. The third kappa shape index (κ3) is 1.97. The number of halogens is 3. The van der Waals surface area contributed by atoms with E-state index in [2.05, 4.69) is 9.73 Å². The Kier molecular flexibility index (Phi) is 2.61. The number of aliphatic imine (C=N–C) groups is 1. The van der Waals surface area contributed by atoms with E-state index in [0.29, 0.717) is 0 Å². The Morgan fingerprint density at radius 3 is 2.67 bits per heavy atom. The molecule has 2 atom stereocenters. The number of hydrogen-bond acceptors (Lipinski definition) is 5. The number of nitrogens with zero attached hydrogens (tertiary/aromatic N) is 1. The van der Waals surface area contributed by atoms with Crippen LogP contribution in [0.1, 0.15) is 18.9 Å². The summed E-state index contributed by atoms with van der Waals surface area (Å²) in [4.78, 5) is 3.75. The van der Waals surface area contributed by atoms with Gasteiger partial charge in [-0.3, -0.25) is 0 Å². The smallest absolute Gasteiger partial charge is 0.310 e. The summed E-state index contributed by atoms with van der Waals surface area (Å²) in [6.45, 7) is 0.0952. The lowest BCUT2D eigenvalue weighted by atomic mass is 9.76. The van der Waals surface area contributed by atoms with Crippen molar-refractivity contribution < 1.29 is 22.6 Å². The number of alkyl halides is 3. The summed E-state index contributed by atoms with van der Waals surface area (Å²) in [5.41, 5.74) is 9.16. The monoisotopic (exact) mass is 301 g/mol.